The number of carboxylic acids is 4. The van der Waals surface area contributed by atoms with Crippen molar-refractivity contribution in [1.82, 2.24) is 0 Å². The molecule has 0 aliphatic heterocycles. The fourth-order valence-electron chi connectivity index (χ4n) is 0. The van der Waals surface area contributed by atoms with Gasteiger partial charge < -0.3 is 20.4 Å². The molecular weight excluding hydrogens is 1040 g/mol. The van der Waals surface area contributed by atoms with Gasteiger partial charge in [0, 0.05) is 27.7 Å². The zero-order chi connectivity index (χ0) is 18.8. The minimum absolute atomic E-state index is 0.833. The number of rotatable bonds is 0. The zero-order valence-electron chi connectivity index (χ0n) is 12.8. The van der Waals surface area contributed by atoms with Gasteiger partial charge in [0.15, 0.2) is 0 Å². The Kier molecular flexibility index (Phi) is 38.7. The fraction of sp³-hybridized carbons (Fsp3) is 0.556. The van der Waals surface area contributed by atoms with E-state index in [2.05, 4.69) is 0 Å². The molecule has 0 atom stereocenters. The van der Waals surface area contributed by atoms with Gasteiger partial charge in [0.05, 0.1) is 0 Å². The predicted octanol–water partition coefficient (Wildman–Crippen LogP) is 0.568. The minimum atomic E-state index is -0.833. The molecule has 0 aromatic heterocycles. The third-order valence-corrected chi connectivity index (χ3v) is 0. The van der Waals surface area contributed by atoms with Crippen LogP contribution in [-0.2, 0) is 124 Å². The third kappa shape index (κ3) is 3170. The van der Waals surface area contributed by atoms with E-state index in [1.165, 1.54) is 99.9 Å². The number of carbonyl (C=O) groups is 4. The van der Waals surface area contributed by atoms with Gasteiger partial charge >= 0.3 is 99.9 Å². The first kappa shape index (κ1) is 34.1. The van der Waals surface area contributed by atoms with Gasteiger partial charge in [-0.1, -0.05) is 0 Å². The number of carboxylic acid groups (broad SMARTS) is 4. The van der Waals surface area contributed by atoms with Gasteiger partial charge in [0.2, 0.25) is 0 Å². The average molecular weight is 1050 g/mol. The van der Waals surface area contributed by atoms with Gasteiger partial charge in [0.1, 0.15) is 0 Å². The SMILES string of the molecule is CC(=O)O.CC(=O)O.CC(=O)O.CC(=O)O.[Hg][C]([Hg])([Hg])[Hg]. The molecule has 0 fully saturated rings. The van der Waals surface area contributed by atoms with Crippen LogP contribution in [0.15, 0.2) is 0 Å². The van der Waals surface area contributed by atoms with Gasteiger partial charge in [-0.2, -0.15) is 0 Å². The summed E-state index contributed by atoms with van der Waals surface area (Å²) in [5.74, 6) is -3.33. The summed E-state index contributed by atoms with van der Waals surface area (Å²) in [6.07, 6.45) is 0. The van der Waals surface area contributed by atoms with Gasteiger partial charge in [-0.3, -0.25) is 19.2 Å². The maximum atomic E-state index is 9.00. The van der Waals surface area contributed by atoms with Crippen LogP contribution in [0.3, 0.4) is 0 Å². The Hall–Kier alpha value is 1.62. The molecule has 21 heavy (non-hydrogen) atoms. The Morgan fingerprint density at radius 3 is 0.571 bits per heavy atom. The van der Waals surface area contributed by atoms with Crippen molar-refractivity contribution in [3.8, 4) is 0 Å². The van der Waals surface area contributed by atoms with Crippen molar-refractivity contribution < 1.29 is 144 Å². The summed E-state index contributed by atoms with van der Waals surface area (Å²) < 4.78 is 1.28. The Morgan fingerprint density at radius 2 is 0.571 bits per heavy atom. The second-order valence-corrected chi connectivity index (χ2v) is 118. The van der Waals surface area contributed by atoms with Crippen LogP contribution in [0.5, 0.6) is 0 Å². The number of hydrogen-bond acceptors (Lipinski definition) is 4. The van der Waals surface area contributed by atoms with E-state index in [1.54, 1.807) is 0 Å². The van der Waals surface area contributed by atoms with E-state index in [4.69, 9.17) is 39.6 Å². The van der Waals surface area contributed by atoms with Crippen LogP contribution >= 0.6 is 0 Å². The molecule has 0 unspecified atom stereocenters. The van der Waals surface area contributed by atoms with Crippen LogP contribution in [0, 0.1) is 0 Å². The standard InChI is InChI=1S/4C2H4O2.C.4Hg/c4*1-2(3)4;;;;;/h4*1H3,(H,3,4);;;;;. The molecule has 12 heteroatoms. The van der Waals surface area contributed by atoms with Crippen LogP contribution in [-0.4, -0.2) is 44.3 Å². The summed E-state index contributed by atoms with van der Waals surface area (Å²) >= 11 is 4.86. The van der Waals surface area contributed by atoms with Crippen LogP contribution in [0.4, 0.5) is 0 Å². The normalized spacial score (nSPS) is 7.81. The van der Waals surface area contributed by atoms with Crippen molar-refractivity contribution >= 4 is 23.9 Å². The molecule has 0 radical (unpaired) electrons. The fourth-order valence-corrected chi connectivity index (χ4v) is 0. The van der Waals surface area contributed by atoms with Gasteiger partial charge in [-0.25, -0.2) is 0 Å². The number of hydrogen-bond donors (Lipinski definition) is 4. The van der Waals surface area contributed by atoms with Crippen LogP contribution in [0.25, 0.3) is 0 Å². The Morgan fingerprint density at radius 1 is 0.571 bits per heavy atom. The van der Waals surface area contributed by atoms with Crippen LogP contribution in [0.2, 0.25) is -4.55 Å². The second-order valence-electron chi connectivity index (χ2n) is 3.58. The van der Waals surface area contributed by atoms with Crippen LogP contribution < -0.4 is 0 Å². The molecule has 0 aliphatic rings. The molecule has 0 rings (SSSR count). The molecule has 108 valence electrons. The topological polar surface area (TPSA) is 149 Å². The Labute approximate surface area is 188 Å². The average Bonchev–Trinajstić information content (AvgIpc) is 1.91. The van der Waals surface area contributed by atoms with E-state index in [0.29, 0.717) is 0 Å². The molecule has 0 heterocycles. The molecule has 0 amide bonds. The Bertz CT molecular complexity index is 231. The van der Waals surface area contributed by atoms with Gasteiger partial charge in [-0.15, -0.1) is 0 Å². The zero-order valence-corrected chi connectivity index (χ0v) is 34.7. The van der Waals surface area contributed by atoms with Crippen molar-refractivity contribution in [1.29, 1.82) is 0 Å². The summed E-state index contributed by atoms with van der Waals surface area (Å²) in [5, 5.41) is 29.7. The first-order valence-corrected chi connectivity index (χ1v) is 16.1. The third-order valence-electron chi connectivity index (χ3n) is 0. The molecule has 8 nitrogen and oxygen atoms in total. The van der Waals surface area contributed by atoms with E-state index in [1.807, 2.05) is 0 Å². The molecule has 0 saturated heterocycles. The van der Waals surface area contributed by atoms with E-state index in [0.717, 1.165) is 27.7 Å². The molecule has 0 bridgehead atoms. The number of aliphatic carboxylic acids is 4. The van der Waals surface area contributed by atoms with E-state index in [-0.39, 0.29) is 0 Å². The van der Waals surface area contributed by atoms with Gasteiger partial charge in [-0.05, 0) is 0 Å². The quantitative estimate of drug-likeness (QED) is 0.258. The summed E-state index contributed by atoms with van der Waals surface area (Å²) in [5.41, 5.74) is 0. The summed E-state index contributed by atoms with van der Waals surface area (Å²) in [6, 6.07) is 0. The van der Waals surface area contributed by atoms with Crippen molar-refractivity contribution in [2.45, 2.75) is 23.1 Å². The van der Waals surface area contributed by atoms with Crippen molar-refractivity contribution in [2.75, 3.05) is 0 Å². The predicted molar refractivity (Wildman–Crippen MR) is 55.9 cm³/mol. The van der Waals surface area contributed by atoms with E-state index in [9.17, 15) is 0 Å². The van der Waals surface area contributed by atoms with Crippen molar-refractivity contribution in [3.63, 3.8) is 0 Å². The molecule has 0 aromatic carbocycles. The summed E-state index contributed by atoms with van der Waals surface area (Å²) in [6.45, 7) is 4.33. The first-order valence-electron chi connectivity index (χ1n) is 5.13. The molecule has 0 aliphatic carbocycles. The van der Waals surface area contributed by atoms with E-state index >= 15 is 0 Å². The molecule has 0 saturated carbocycles. The van der Waals surface area contributed by atoms with Crippen molar-refractivity contribution in [2.24, 2.45) is 0 Å². The monoisotopic (exact) mass is 1060 g/mol. The van der Waals surface area contributed by atoms with Gasteiger partial charge in [0.25, 0.3) is 23.9 Å². The molecule has 4 N–H and O–H groups in total. The maximum absolute atomic E-state index is 9.00. The van der Waals surface area contributed by atoms with Crippen molar-refractivity contribution in [3.05, 3.63) is 0 Å². The first-order chi connectivity index (χ1) is 8.93. The van der Waals surface area contributed by atoms with Crippen LogP contribution in [0.1, 0.15) is 27.7 Å². The Balaban J connectivity index is -0.0000000510. The molecule has 0 spiro atoms. The second kappa shape index (κ2) is 23.9. The summed E-state index contributed by atoms with van der Waals surface area (Å²) in [4.78, 5) is 36.0. The molecule has 0 aromatic rings. The summed E-state index contributed by atoms with van der Waals surface area (Å²) in [7, 11) is 0. The molecular formula is C9H16Hg4O8. The van der Waals surface area contributed by atoms with E-state index < -0.39 is 23.9 Å².